The van der Waals surface area contributed by atoms with Crippen molar-refractivity contribution >= 4 is 0 Å². The Balaban J connectivity index is 1.90. The summed E-state index contributed by atoms with van der Waals surface area (Å²) in [4.78, 5) is 0. The van der Waals surface area contributed by atoms with Crippen molar-refractivity contribution in [3.05, 3.63) is 17.0 Å². The van der Waals surface area contributed by atoms with E-state index in [1.54, 1.807) is 0 Å². The molecule has 1 N–H and O–H groups in total. The number of nitrogens with one attached hydrogen (secondary N) is 1. The van der Waals surface area contributed by atoms with Crippen molar-refractivity contribution < 1.29 is 0 Å². The highest BCUT2D eigenvalue weighted by Crippen LogP contribution is 2.34. The summed E-state index contributed by atoms with van der Waals surface area (Å²) in [5.74, 6) is 1.00. The fraction of sp³-hybridized carbons (Fsp3) is 0.786. The van der Waals surface area contributed by atoms with E-state index in [0.717, 1.165) is 12.5 Å². The number of hydrogen-bond acceptors (Lipinski definition) is 2. The van der Waals surface area contributed by atoms with Gasteiger partial charge in [-0.3, -0.25) is 4.68 Å². The fourth-order valence-corrected chi connectivity index (χ4v) is 2.47. The van der Waals surface area contributed by atoms with Crippen LogP contribution in [0.25, 0.3) is 0 Å². The van der Waals surface area contributed by atoms with Gasteiger partial charge in [-0.15, -0.1) is 0 Å². The highest BCUT2D eigenvalue weighted by molar-refractivity contribution is 5.24. The Morgan fingerprint density at radius 1 is 1.41 bits per heavy atom. The van der Waals surface area contributed by atoms with Gasteiger partial charge in [0.15, 0.2) is 0 Å². The molecular weight excluding hydrogens is 210 g/mol. The van der Waals surface area contributed by atoms with Gasteiger partial charge in [-0.1, -0.05) is 19.8 Å². The molecule has 1 unspecified atom stereocenters. The fourth-order valence-electron chi connectivity index (χ4n) is 2.47. The lowest BCUT2D eigenvalue weighted by Gasteiger charge is -2.16. The highest BCUT2D eigenvalue weighted by atomic mass is 15.3. The molecule has 1 aliphatic carbocycles. The van der Waals surface area contributed by atoms with E-state index in [9.17, 15) is 0 Å². The number of aryl methyl sites for hydroxylation is 2. The SMILES string of the molecule is CCC(CC1CC1)NCc1c(C)nn(C)c1C. The first-order valence-corrected chi connectivity index (χ1v) is 6.84. The minimum Gasteiger partial charge on any atom is -0.310 e. The number of rotatable bonds is 6. The predicted molar refractivity (Wildman–Crippen MR) is 70.9 cm³/mol. The van der Waals surface area contributed by atoms with Crippen molar-refractivity contribution in [2.24, 2.45) is 13.0 Å². The summed E-state index contributed by atoms with van der Waals surface area (Å²) >= 11 is 0. The minimum atomic E-state index is 0.682. The van der Waals surface area contributed by atoms with Gasteiger partial charge in [0.1, 0.15) is 0 Å². The van der Waals surface area contributed by atoms with Crippen LogP contribution in [0.15, 0.2) is 0 Å². The molecule has 1 aliphatic rings. The van der Waals surface area contributed by atoms with E-state index >= 15 is 0 Å². The maximum atomic E-state index is 4.46. The first kappa shape index (κ1) is 12.6. The first-order chi connectivity index (χ1) is 8.11. The predicted octanol–water partition coefficient (Wildman–Crippen LogP) is 2.71. The molecule has 3 heteroatoms. The van der Waals surface area contributed by atoms with Gasteiger partial charge in [-0.25, -0.2) is 0 Å². The Bertz CT molecular complexity index is 377. The average Bonchev–Trinajstić information content (AvgIpc) is 3.07. The molecule has 2 rings (SSSR count). The van der Waals surface area contributed by atoms with Crippen LogP contribution in [-0.2, 0) is 13.6 Å². The van der Waals surface area contributed by atoms with E-state index in [1.807, 2.05) is 11.7 Å². The molecule has 1 aromatic rings. The number of nitrogens with zero attached hydrogens (tertiary/aromatic N) is 2. The zero-order chi connectivity index (χ0) is 12.4. The third-order valence-electron chi connectivity index (χ3n) is 4.03. The lowest BCUT2D eigenvalue weighted by atomic mass is 10.1. The third kappa shape index (κ3) is 3.09. The van der Waals surface area contributed by atoms with Crippen LogP contribution < -0.4 is 5.32 Å². The van der Waals surface area contributed by atoms with Crippen LogP contribution in [0, 0.1) is 19.8 Å². The standard InChI is InChI=1S/C14H25N3/c1-5-13(8-12-6-7-12)15-9-14-10(2)16-17(4)11(14)3/h12-13,15H,5-9H2,1-4H3. The molecule has 1 heterocycles. The monoisotopic (exact) mass is 235 g/mol. The topological polar surface area (TPSA) is 29.9 Å². The van der Waals surface area contributed by atoms with Gasteiger partial charge in [0.25, 0.3) is 0 Å². The Hall–Kier alpha value is -0.830. The summed E-state index contributed by atoms with van der Waals surface area (Å²) in [6.07, 6.45) is 5.48. The van der Waals surface area contributed by atoms with Crippen LogP contribution in [0.1, 0.15) is 49.6 Å². The second kappa shape index (κ2) is 5.21. The van der Waals surface area contributed by atoms with Crippen LogP contribution in [0.2, 0.25) is 0 Å². The van der Waals surface area contributed by atoms with Gasteiger partial charge in [0.05, 0.1) is 5.69 Å². The Morgan fingerprint density at radius 2 is 2.12 bits per heavy atom. The average molecular weight is 235 g/mol. The zero-order valence-electron chi connectivity index (χ0n) is 11.6. The van der Waals surface area contributed by atoms with Gasteiger partial charge in [-0.2, -0.15) is 5.10 Å². The van der Waals surface area contributed by atoms with Crippen LogP contribution in [0.3, 0.4) is 0 Å². The van der Waals surface area contributed by atoms with E-state index in [0.29, 0.717) is 6.04 Å². The molecule has 3 nitrogen and oxygen atoms in total. The second-order valence-corrected chi connectivity index (χ2v) is 5.44. The summed E-state index contributed by atoms with van der Waals surface area (Å²) in [5.41, 5.74) is 3.83. The maximum Gasteiger partial charge on any atom is 0.0641 e. The molecular formula is C14H25N3. The molecule has 0 spiro atoms. The van der Waals surface area contributed by atoms with Gasteiger partial charge in [-0.05, 0) is 32.6 Å². The van der Waals surface area contributed by atoms with Gasteiger partial charge < -0.3 is 5.32 Å². The lowest BCUT2D eigenvalue weighted by molar-refractivity contribution is 0.444. The van der Waals surface area contributed by atoms with Crippen LogP contribution in [0.4, 0.5) is 0 Å². The minimum absolute atomic E-state index is 0.682. The summed E-state index contributed by atoms with van der Waals surface area (Å²) in [7, 11) is 2.02. The van der Waals surface area contributed by atoms with E-state index in [4.69, 9.17) is 0 Å². The van der Waals surface area contributed by atoms with Crippen LogP contribution >= 0.6 is 0 Å². The highest BCUT2D eigenvalue weighted by Gasteiger charge is 2.24. The molecule has 96 valence electrons. The van der Waals surface area contributed by atoms with Gasteiger partial charge in [0.2, 0.25) is 0 Å². The van der Waals surface area contributed by atoms with Crippen LogP contribution in [0.5, 0.6) is 0 Å². The largest absolute Gasteiger partial charge is 0.310 e. The second-order valence-electron chi connectivity index (χ2n) is 5.44. The van der Waals surface area contributed by atoms with Crippen molar-refractivity contribution in [1.29, 1.82) is 0 Å². The molecule has 0 bridgehead atoms. The van der Waals surface area contributed by atoms with Crippen LogP contribution in [-0.4, -0.2) is 15.8 Å². The van der Waals surface area contributed by atoms with Crippen molar-refractivity contribution in [1.82, 2.24) is 15.1 Å². The van der Waals surface area contributed by atoms with Crippen molar-refractivity contribution in [2.45, 2.75) is 59.0 Å². The van der Waals surface area contributed by atoms with Gasteiger partial charge >= 0.3 is 0 Å². The quantitative estimate of drug-likeness (QED) is 0.821. The maximum absolute atomic E-state index is 4.46. The molecule has 0 aliphatic heterocycles. The van der Waals surface area contributed by atoms with E-state index < -0.39 is 0 Å². The first-order valence-electron chi connectivity index (χ1n) is 6.84. The summed E-state index contributed by atoms with van der Waals surface area (Å²) in [5, 5.41) is 8.16. The lowest BCUT2D eigenvalue weighted by Crippen LogP contribution is -2.28. The molecule has 0 amide bonds. The van der Waals surface area contributed by atoms with Crippen molar-refractivity contribution in [2.75, 3.05) is 0 Å². The Kier molecular flexibility index (Phi) is 3.87. The van der Waals surface area contributed by atoms with E-state index in [2.05, 4.69) is 31.2 Å². The zero-order valence-corrected chi connectivity index (χ0v) is 11.6. The van der Waals surface area contributed by atoms with E-state index in [-0.39, 0.29) is 0 Å². The smallest absolute Gasteiger partial charge is 0.0641 e. The third-order valence-corrected chi connectivity index (χ3v) is 4.03. The molecule has 1 atom stereocenters. The molecule has 1 aromatic heterocycles. The molecule has 0 saturated heterocycles. The van der Waals surface area contributed by atoms with Gasteiger partial charge in [0, 0.05) is 30.9 Å². The molecule has 0 aromatic carbocycles. The molecule has 1 saturated carbocycles. The summed E-state index contributed by atoms with van der Waals surface area (Å²) in [6, 6.07) is 0.682. The molecule has 0 radical (unpaired) electrons. The Morgan fingerprint density at radius 3 is 2.59 bits per heavy atom. The summed E-state index contributed by atoms with van der Waals surface area (Å²) < 4.78 is 1.98. The normalized spacial score (nSPS) is 17.4. The van der Waals surface area contributed by atoms with E-state index in [1.165, 1.54) is 42.6 Å². The molecule has 17 heavy (non-hydrogen) atoms. The summed E-state index contributed by atoms with van der Waals surface area (Å²) in [6.45, 7) is 7.50. The molecule has 1 fully saturated rings. The van der Waals surface area contributed by atoms with Crippen molar-refractivity contribution in [3.8, 4) is 0 Å². The number of aromatic nitrogens is 2. The Labute approximate surface area is 105 Å². The van der Waals surface area contributed by atoms with Crippen molar-refractivity contribution in [3.63, 3.8) is 0 Å². The number of hydrogen-bond donors (Lipinski definition) is 1.